The van der Waals surface area contributed by atoms with E-state index in [1.54, 1.807) is 0 Å². The van der Waals surface area contributed by atoms with E-state index in [0.29, 0.717) is 18.7 Å². The molecule has 7 aromatic rings. The topological polar surface area (TPSA) is 35.2 Å². The van der Waals surface area contributed by atoms with Crippen molar-refractivity contribution in [2.24, 2.45) is 0 Å². The van der Waals surface area contributed by atoms with Crippen LogP contribution in [0, 0.1) is 55.4 Å². The second-order valence-corrected chi connectivity index (χ2v) is 17.5. The van der Waals surface area contributed by atoms with Crippen LogP contribution in [0.15, 0.2) is 121 Å². The lowest BCUT2D eigenvalue weighted by Crippen LogP contribution is -2.14. The van der Waals surface area contributed by atoms with Crippen LogP contribution in [-0.4, -0.2) is 0 Å². The van der Waals surface area contributed by atoms with E-state index in [2.05, 4.69) is 197 Å². The van der Waals surface area contributed by atoms with E-state index in [1.807, 2.05) is 0 Å². The fourth-order valence-electron chi connectivity index (χ4n) is 9.20. The Bertz CT molecular complexity index is 2450. The van der Waals surface area contributed by atoms with E-state index >= 15 is 0 Å². The molecule has 0 aliphatic carbocycles. The summed E-state index contributed by atoms with van der Waals surface area (Å²) < 4.78 is 7.24. The number of benzene rings is 7. The van der Waals surface area contributed by atoms with Gasteiger partial charge in [-0.1, -0.05) is 136 Å². The van der Waals surface area contributed by atoms with E-state index in [-0.39, 0.29) is 5.41 Å². The maximum Gasteiger partial charge on any atom is 0.146 e. The number of nitrogen functional groups attached to an aromatic ring is 1. The largest absolute Gasteiger partial charge is 0.486 e. The van der Waals surface area contributed by atoms with E-state index in [0.717, 1.165) is 16.9 Å². The molecule has 58 heavy (non-hydrogen) atoms. The van der Waals surface area contributed by atoms with Crippen molar-refractivity contribution in [3.63, 3.8) is 0 Å². The van der Waals surface area contributed by atoms with Gasteiger partial charge in [-0.3, -0.25) is 0 Å². The Morgan fingerprint density at radius 1 is 0.431 bits per heavy atom. The fraction of sp³-hybridized carbons (Fsp3) is 0.250. The van der Waals surface area contributed by atoms with Gasteiger partial charge in [0.05, 0.1) is 5.69 Å². The van der Waals surface area contributed by atoms with Gasteiger partial charge in [-0.15, -0.1) is 0 Å². The van der Waals surface area contributed by atoms with Crippen LogP contribution >= 0.6 is 0 Å². The van der Waals surface area contributed by atoms with Crippen LogP contribution in [0.2, 0.25) is 0 Å². The van der Waals surface area contributed by atoms with E-state index in [9.17, 15) is 0 Å². The van der Waals surface area contributed by atoms with Gasteiger partial charge in [0.25, 0.3) is 0 Å². The zero-order valence-electron chi connectivity index (χ0n) is 36.4. The molecule has 7 rings (SSSR count). The Morgan fingerprint density at radius 2 is 0.741 bits per heavy atom. The van der Waals surface area contributed by atoms with Gasteiger partial charge < -0.3 is 10.5 Å². The lowest BCUT2D eigenvalue weighted by atomic mass is 9.81. The average Bonchev–Trinajstić information content (AvgIpc) is 3.15. The number of hydrogen-bond acceptors (Lipinski definition) is 2. The smallest absolute Gasteiger partial charge is 0.146 e. The minimum absolute atomic E-state index is 0.118. The first-order chi connectivity index (χ1) is 27.6. The predicted molar refractivity (Wildman–Crippen MR) is 249 cm³/mol. The maximum atomic E-state index is 7.24. The molecule has 2 N–H and O–H groups in total. The molecule has 0 aromatic heterocycles. The van der Waals surface area contributed by atoms with Crippen molar-refractivity contribution >= 4 is 5.69 Å². The highest BCUT2D eigenvalue weighted by molar-refractivity contribution is 5.86. The molecule has 294 valence electrons. The molecule has 0 atom stereocenters. The Labute approximate surface area is 347 Å². The highest BCUT2D eigenvalue weighted by Crippen LogP contribution is 2.44. The summed E-state index contributed by atoms with van der Waals surface area (Å²) in [5.74, 6) is 0.750. The quantitative estimate of drug-likeness (QED) is 0.149. The fourth-order valence-corrected chi connectivity index (χ4v) is 9.20. The van der Waals surface area contributed by atoms with Crippen molar-refractivity contribution in [2.75, 3.05) is 5.73 Å². The molecule has 0 bridgehead atoms. The second kappa shape index (κ2) is 16.2. The summed E-state index contributed by atoms with van der Waals surface area (Å²) >= 11 is 0. The van der Waals surface area contributed by atoms with Crippen LogP contribution in [0.3, 0.4) is 0 Å². The molecule has 0 amide bonds. The third-order valence-corrected chi connectivity index (χ3v) is 12.1. The van der Waals surface area contributed by atoms with Crippen LogP contribution in [0.5, 0.6) is 5.75 Å². The van der Waals surface area contributed by atoms with Gasteiger partial charge in [-0.25, -0.2) is 0 Å². The summed E-state index contributed by atoms with van der Waals surface area (Å²) in [6.07, 6.45) is 0.652. The summed E-state index contributed by atoms with van der Waals surface area (Å²) in [6.45, 7) is 24.9. The molecule has 0 spiro atoms. The summed E-state index contributed by atoms with van der Waals surface area (Å²) in [5.41, 5.74) is 32.5. The van der Waals surface area contributed by atoms with Crippen molar-refractivity contribution in [1.82, 2.24) is 0 Å². The molecule has 0 saturated heterocycles. The number of nitrogens with two attached hydrogens (primary N) is 1. The first-order valence-electron chi connectivity index (χ1n) is 20.7. The van der Waals surface area contributed by atoms with Crippen LogP contribution in [-0.2, 0) is 18.4 Å². The first-order valence-corrected chi connectivity index (χ1v) is 20.7. The average molecular weight is 762 g/mol. The zero-order chi connectivity index (χ0) is 41.5. The first kappa shape index (κ1) is 40.3. The summed E-state index contributed by atoms with van der Waals surface area (Å²) in [6, 6.07) is 44.4. The highest BCUT2D eigenvalue weighted by atomic mass is 16.5. The molecule has 2 nitrogen and oxygen atoms in total. The Kier molecular flexibility index (Phi) is 11.3. The van der Waals surface area contributed by atoms with Crippen LogP contribution < -0.4 is 10.5 Å². The molecule has 0 aliphatic rings. The molecule has 2 heteroatoms. The molecule has 7 aromatic carbocycles. The SMILES string of the molecule is Cc1cccc(C)c1-c1cccc(-c2c(C)cccc2C)c1COc1c(N)cc(C(C)(C)C)cc1Cc1c(-c2c(C)cccc2C)cccc1-c1c(C)cccc1C. The van der Waals surface area contributed by atoms with Gasteiger partial charge in [0.1, 0.15) is 12.4 Å². The molecule has 0 heterocycles. The third kappa shape index (κ3) is 7.73. The van der Waals surface area contributed by atoms with Gasteiger partial charge in [0.2, 0.25) is 0 Å². The summed E-state index contributed by atoms with van der Waals surface area (Å²) in [5, 5.41) is 0. The van der Waals surface area contributed by atoms with Gasteiger partial charge >= 0.3 is 0 Å². The van der Waals surface area contributed by atoms with Crippen molar-refractivity contribution in [3.05, 3.63) is 188 Å². The Balaban J connectivity index is 1.46. The number of aryl methyl sites for hydroxylation is 8. The predicted octanol–water partition coefficient (Wildman–Crippen LogP) is 14.9. The number of rotatable bonds is 9. The van der Waals surface area contributed by atoms with Crippen molar-refractivity contribution in [2.45, 2.75) is 94.6 Å². The molecule has 0 saturated carbocycles. The number of ether oxygens (including phenoxy) is 1. The molecular formula is C56H59NO. The van der Waals surface area contributed by atoms with Gasteiger partial charge in [0, 0.05) is 17.5 Å². The van der Waals surface area contributed by atoms with E-state index < -0.39 is 0 Å². The molecular weight excluding hydrogens is 703 g/mol. The number of anilines is 1. The molecule has 0 fully saturated rings. The second-order valence-electron chi connectivity index (χ2n) is 17.5. The number of hydrogen-bond donors (Lipinski definition) is 1. The van der Waals surface area contributed by atoms with E-state index in [1.165, 1.54) is 100 Å². The molecule has 0 radical (unpaired) electrons. The van der Waals surface area contributed by atoms with Gasteiger partial charge in [-0.2, -0.15) is 0 Å². The lowest BCUT2D eigenvalue weighted by molar-refractivity contribution is 0.306. The van der Waals surface area contributed by atoms with E-state index in [4.69, 9.17) is 10.5 Å². The monoisotopic (exact) mass is 761 g/mol. The Morgan fingerprint density at radius 3 is 1.07 bits per heavy atom. The van der Waals surface area contributed by atoms with Crippen molar-refractivity contribution in [1.29, 1.82) is 0 Å². The highest BCUT2D eigenvalue weighted by Gasteiger charge is 2.25. The van der Waals surface area contributed by atoms with Crippen LogP contribution in [0.25, 0.3) is 44.5 Å². The minimum Gasteiger partial charge on any atom is -0.486 e. The summed E-state index contributed by atoms with van der Waals surface area (Å²) in [4.78, 5) is 0. The summed E-state index contributed by atoms with van der Waals surface area (Å²) in [7, 11) is 0. The maximum absolute atomic E-state index is 7.24. The van der Waals surface area contributed by atoms with Crippen molar-refractivity contribution in [3.8, 4) is 50.3 Å². The molecule has 0 unspecified atom stereocenters. The lowest BCUT2D eigenvalue weighted by Gasteiger charge is -2.26. The van der Waals surface area contributed by atoms with Gasteiger partial charge in [0.15, 0.2) is 0 Å². The Hall–Kier alpha value is -5.86. The van der Waals surface area contributed by atoms with Crippen LogP contribution in [0.4, 0.5) is 5.69 Å². The molecule has 0 aliphatic heterocycles. The normalized spacial score (nSPS) is 11.6. The third-order valence-electron chi connectivity index (χ3n) is 12.1. The zero-order valence-corrected chi connectivity index (χ0v) is 36.4. The standard InChI is InChI=1S/C56H59NO/c1-34-18-12-19-35(2)51(34)44-26-16-27-45(52-36(3)20-13-21-37(52)4)48(44)31-42-30-43(56(9,10)11)32-50(57)55(42)58-33-49-46(53-38(5)22-14-23-39(53)6)28-17-29-47(49)54-40(7)24-15-25-41(54)8/h12-30,32H,31,33,57H2,1-11H3. The van der Waals surface area contributed by atoms with Gasteiger partial charge in [-0.05, 0) is 167 Å². The minimum atomic E-state index is -0.118. The van der Waals surface area contributed by atoms with Crippen molar-refractivity contribution < 1.29 is 4.74 Å². The van der Waals surface area contributed by atoms with Crippen LogP contribution in [0.1, 0.15) is 87.5 Å².